The molecule has 0 aromatic carbocycles. The molecule has 1 aliphatic heterocycles. The van der Waals surface area contributed by atoms with Gasteiger partial charge in [0.1, 0.15) is 0 Å². The molecular formula is C6H7NO6S2. The standard InChI is InChI=1S/C6H7NO6S2/c1-2-14(10,11)6-7-4(5(8)9)3-15(6,12)13/h3H,2H2,1H3,(H,8,9). The highest BCUT2D eigenvalue weighted by atomic mass is 32.3. The van der Waals surface area contributed by atoms with E-state index in [2.05, 4.69) is 4.99 Å². The molecule has 0 bridgehead atoms. The van der Waals surface area contributed by atoms with E-state index in [4.69, 9.17) is 5.11 Å². The van der Waals surface area contributed by atoms with E-state index >= 15 is 0 Å². The number of carboxylic acid groups (broad SMARTS) is 1. The maximum atomic E-state index is 11.2. The fraction of sp³-hybridized carbons (Fsp3) is 0.333. The molecule has 7 nitrogen and oxygen atoms in total. The molecule has 0 fully saturated rings. The van der Waals surface area contributed by atoms with E-state index in [1.165, 1.54) is 6.92 Å². The lowest BCUT2D eigenvalue weighted by Gasteiger charge is -1.97. The summed E-state index contributed by atoms with van der Waals surface area (Å²) in [5, 5.41) is 8.80. The van der Waals surface area contributed by atoms with Gasteiger partial charge in [0.2, 0.25) is 19.7 Å². The molecule has 1 heterocycles. The molecule has 0 aromatic rings. The van der Waals surface area contributed by atoms with Gasteiger partial charge in [0, 0.05) is 0 Å². The maximum Gasteiger partial charge on any atom is 0.355 e. The van der Waals surface area contributed by atoms with Crippen LogP contribution in [0.25, 0.3) is 0 Å². The number of aliphatic carboxylic acids is 1. The van der Waals surface area contributed by atoms with Crippen molar-refractivity contribution in [2.75, 3.05) is 5.75 Å². The number of nitrogens with zero attached hydrogens (tertiary/aromatic N) is 1. The van der Waals surface area contributed by atoms with Gasteiger partial charge in [0.05, 0.1) is 11.2 Å². The van der Waals surface area contributed by atoms with Crippen molar-refractivity contribution >= 4 is 30.0 Å². The molecule has 0 saturated heterocycles. The van der Waals surface area contributed by atoms with Crippen molar-refractivity contribution in [2.24, 2.45) is 4.99 Å². The molecule has 15 heavy (non-hydrogen) atoms. The number of hydrogen-bond acceptors (Lipinski definition) is 6. The van der Waals surface area contributed by atoms with E-state index in [9.17, 15) is 21.6 Å². The van der Waals surface area contributed by atoms with Gasteiger partial charge in [-0.15, -0.1) is 0 Å². The molecule has 1 rings (SSSR count). The monoisotopic (exact) mass is 253 g/mol. The van der Waals surface area contributed by atoms with Crippen LogP contribution in [0.5, 0.6) is 0 Å². The molecule has 0 aromatic heterocycles. The number of aliphatic imine (C=N–C) groups is 1. The second-order valence-electron chi connectivity index (χ2n) is 2.63. The first-order valence-electron chi connectivity index (χ1n) is 3.72. The molecule has 0 spiro atoms. The van der Waals surface area contributed by atoms with Crippen molar-refractivity contribution in [1.82, 2.24) is 0 Å². The Kier molecular flexibility index (Phi) is 2.70. The Hall–Kier alpha value is -1.22. The largest absolute Gasteiger partial charge is 0.476 e. The van der Waals surface area contributed by atoms with Crippen LogP contribution in [-0.4, -0.2) is 38.0 Å². The highest BCUT2D eigenvalue weighted by molar-refractivity contribution is 8.32. The summed E-state index contributed by atoms with van der Waals surface area (Å²) in [5.41, 5.74) is -0.790. The van der Waals surface area contributed by atoms with E-state index in [-0.39, 0.29) is 0 Å². The van der Waals surface area contributed by atoms with Crippen molar-refractivity contribution in [3.63, 3.8) is 0 Å². The van der Waals surface area contributed by atoms with E-state index in [1.807, 2.05) is 0 Å². The lowest BCUT2D eigenvalue weighted by Crippen LogP contribution is -2.22. The van der Waals surface area contributed by atoms with Gasteiger partial charge in [-0.2, -0.15) is 0 Å². The maximum absolute atomic E-state index is 11.2. The molecule has 9 heteroatoms. The first-order chi connectivity index (χ1) is 6.70. The summed E-state index contributed by atoms with van der Waals surface area (Å²) < 4.78 is 43.9. The Bertz CT molecular complexity index is 565. The zero-order chi connectivity index (χ0) is 11.9. The van der Waals surface area contributed by atoms with Crippen LogP contribution in [0.3, 0.4) is 0 Å². The minimum absolute atomic E-state index is 0.331. The first kappa shape index (κ1) is 11.9. The van der Waals surface area contributed by atoms with Crippen molar-refractivity contribution in [3.8, 4) is 0 Å². The minimum Gasteiger partial charge on any atom is -0.476 e. The number of carbonyl (C=O) groups is 1. The van der Waals surface area contributed by atoms with Gasteiger partial charge in [0.15, 0.2) is 5.70 Å². The third kappa shape index (κ3) is 2.07. The molecule has 0 unspecified atom stereocenters. The third-order valence-corrected chi connectivity index (χ3v) is 5.54. The quantitative estimate of drug-likeness (QED) is 0.683. The molecule has 0 saturated carbocycles. The molecule has 0 radical (unpaired) electrons. The number of carboxylic acids is 1. The summed E-state index contributed by atoms with van der Waals surface area (Å²) in [6.45, 7) is 1.24. The molecule has 0 amide bonds. The number of hydrogen-bond donors (Lipinski definition) is 1. The van der Waals surface area contributed by atoms with Crippen molar-refractivity contribution in [2.45, 2.75) is 6.92 Å². The average Bonchev–Trinajstić information content (AvgIpc) is 2.42. The lowest BCUT2D eigenvalue weighted by atomic mass is 10.5. The smallest absolute Gasteiger partial charge is 0.355 e. The van der Waals surface area contributed by atoms with Crippen LogP contribution in [0.2, 0.25) is 0 Å². The SMILES string of the molecule is CCS(=O)(=O)C1=NC(C(=O)O)=CS1(=O)=O. The molecule has 1 N–H and O–H groups in total. The predicted octanol–water partition coefficient (Wildman–Crippen LogP) is -0.868. The van der Waals surface area contributed by atoms with Gasteiger partial charge in [-0.25, -0.2) is 26.6 Å². The van der Waals surface area contributed by atoms with Gasteiger partial charge in [-0.1, -0.05) is 6.92 Å². The zero-order valence-corrected chi connectivity index (χ0v) is 9.17. The Labute approximate surface area is 86.0 Å². The van der Waals surface area contributed by atoms with E-state index < -0.39 is 41.5 Å². The molecule has 0 atom stereocenters. The Balaban J connectivity index is 3.41. The second kappa shape index (κ2) is 3.42. The topological polar surface area (TPSA) is 118 Å². The van der Waals surface area contributed by atoms with E-state index in [1.54, 1.807) is 0 Å². The normalized spacial score (nSPS) is 19.5. The summed E-state index contributed by atoms with van der Waals surface area (Å²) in [4.78, 5) is 13.5. The zero-order valence-electron chi connectivity index (χ0n) is 7.54. The van der Waals surface area contributed by atoms with Gasteiger partial charge < -0.3 is 5.11 Å². The summed E-state index contributed by atoms with van der Waals surface area (Å²) in [6, 6.07) is 0. The van der Waals surface area contributed by atoms with Crippen LogP contribution in [-0.2, 0) is 24.5 Å². The Morgan fingerprint density at radius 1 is 1.53 bits per heavy atom. The summed E-state index contributed by atoms with van der Waals surface area (Å²) in [5.74, 6) is -2.04. The van der Waals surface area contributed by atoms with Crippen LogP contribution in [0.15, 0.2) is 16.1 Å². The van der Waals surface area contributed by atoms with E-state index in [0.717, 1.165) is 0 Å². The van der Waals surface area contributed by atoms with Crippen LogP contribution in [0, 0.1) is 0 Å². The van der Waals surface area contributed by atoms with Crippen molar-refractivity contribution in [1.29, 1.82) is 0 Å². The lowest BCUT2D eigenvalue weighted by molar-refractivity contribution is -0.132. The third-order valence-electron chi connectivity index (χ3n) is 1.59. The second-order valence-corrected chi connectivity index (χ2v) is 6.80. The van der Waals surface area contributed by atoms with Crippen molar-refractivity contribution in [3.05, 3.63) is 11.1 Å². The van der Waals surface area contributed by atoms with Crippen LogP contribution in [0.4, 0.5) is 0 Å². The average molecular weight is 253 g/mol. The molecular weight excluding hydrogens is 246 g/mol. The Morgan fingerprint density at radius 3 is 2.40 bits per heavy atom. The van der Waals surface area contributed by atoms with Crippen LogP contribution >= 0.6 is 0 Å². The highest BCUT2D eigenvalue weighted by Crippen LogP contribution is 2.18. The Morgan fingerprint density at radius 2 is 2.07 bits per heavy atom. The van der Waals surface area contributed by atoms with Crippen molar-refractivity contribution < 1.29 is 26.7 Å². The van der Waals surface area contributed by atoms with Crippen LogP contribution in [0.1, 0.15) is 6.92 Å². The fourth-order valence-electron chi connectivity index (χ4n) is 0.854. The van der Waals surface area contributed by atoms with Gasteiger partial charge in [-0.3, -0.25) is 0 Å². The van der Waals surface area contributed by atoms with E-state index in [0.29, 0.717) is 5.41 Å². The molecule has 0 aliphatic carbocycles. The summed E-state index contributed by atoms with van der Waals surface area (Å²) >= 11 is 0. The number of sulfone groups is 2. The molecule has 84 valence electrons. The van der Waals surface area contributed by atoms with Gasteiger partial charge >= 0.3 is 5.97 Å². The minimum atomic E-state index is -4.23. The summed E-state index contributed by atoms with van der Waals surface area (Å²) in [7, 11) is -8.26. The predicted molar refractivity (Wildman–Crippen MR) is 51.5 cm³/mol. The van der Waals surface area contributed by atoms with Gasteiger partial charge in [-0.05, 0) is 0 Å². The highest BCUT2D eigenvalue weighted by Gasteiger charge is 2.36. The first-order valence-corrected chi connectivity index (χ1v) is 6.92. The van der Waals surface area contributed by atoms with Crippen LogP contribution < -0.4 is 0 Å². The fourth-order valence-corrected chi connectivity index (χ4v) is 4.03. The molecule has 1 aliphatic rings. The summed E-state index contributed by atoms with van der Waals surface area (Å²) in [6.07, 6.45) is 0. The van der Waals surface area contributed by atoms with Gasteiger partial charge in [0.25, 0.3) is 4.38 Å². The number of rotatable bonds is 2.